The number of aliphatic hydroxyl groups excluding tert-OH is 11. The van der Waals surface area contributed by atoms with Crippen LogP contribution in [0.2, 0.25) is 0 Å². The minimum Gasteiger partial charge on any atom is -0.481 e. The molecule has 7 rings (SSSR count). The Balaban J connectivity index is 0.000000402. The summed E-state index contributed by atoms with van der Waals surface area (Å²) in [4.78, 5) is 36.1. The Morgan fingerprint density at radius 1 is 0.634 bits per heavy atom. The first-order valence-corrected chi connectivity index (χ1v) is 34.1. The van der Waals surface area contributed by atoms with Crippen LogP contribution in [0.25, 0.3) is 0 Å². The summed E-state index contributed by atoms with van der Waals surface area (Å²) in [5.41, 5.74) is 6.23. The number of allylic oxidation sites excluding steroid dienone is 12. The number of nitrogens with two attached hydrogens (primary N) is 1. The van der Waals surface area contributed by atoms with E-state index < -0.39 is 153 Å². The molecule has 2 bridgehead atoms. The van der Waals surface area contributed by atoms with E-state index in [0.717, 1.165) is 38.5 Å². The van der Waals surface area contributed by atoms with Gasteiger partial charge in [-0.05, 0) is 137 Å². The standard InChI is InChI=1S/C47H73NO17.C24H40O4/c1-27-17-15-13-11-9-7-5-6-8-10-12-14-16-18-34(64-46-44(58)41(48)43(57)30(4)63-46)24-38-40(45(59)60)37(54)26-47(61,65-38)25-33(51)22-36(53)35(52)20-19-31(49)21-32(50)23-39(55)62-29(3)28(2)42(27)56;1-14(4-9-22(27)28)18-7-8-19-17-6-5-15-12-16(25)10-11-23(15,2)20(17)13-21(26)24(18,19)3/h5-18,27-38,40-44,46,49-54,56-58,61H,19-26,48H2,1-4H3,(H,59,60);14-21,25-26H,4-13H2,1-3H3,(H,27,28)/b6-5+,9-7+,10-8+,13-11+,14-12+,17-15+,18-16+;/t27-,28-,29-,30+,31+,32+,33-,34-,35+,36+,37-,38-,40+,41-,42+,43+,44-,46-,47+;14-,15-,16-,17+,18-,19+,20+,21+,23+,24-/m01/s1. The second kappa shape index (κ2) is 35.5. The fourth-order valence-electron chi connectivity index (χ4n) is 16.7. The van der Waals surface area contributed by atoms with Crippen LogP contribution >= 0.6 is 0 Å². The fourth-order valence-corrected chi connectivity index (χ4v) is 16.7. The average molecular weight is 1320 g/mol. The first-order valence-electron chi connectivity index (χ1n) is 34.1. The molecule has 93 heavy (non-hydrogen) atoms. The molecule has 2 saturated heterocycles. The maximum absolute atomic E-state index is 12.6. The Morgan fingerprint density at radius 2 is 1.25 bits per heavy atom. The first kappa shape index (κ1) is 78.0. The normalized spacial score (nSPS) is 47.4. The summed E-state index contributed by atoms with van der Waals surface area (Å²) < 4.78 is 23.1. The summed E-state index contributed by atoms with van der Waals surface area (Å²) in [5.74, 6) is -4.28. The predicted octanol–water partition coefficient (Wildman–Crippen LogP) is 5.19. The molecule has 22 nitrogen and oxygen atoms in total. The SMILES string of the molecule is C[C@@H]1[C@H](O)[C@@H](C)/C=C/C=C/C=C/C=C/C=C/C=C/C=C/[C@H](O[C@@H]2O[C@H](C)[C@@H](O)[C@H](N)[C@@H]2O)C[C@@H]2O[C@](O)(C[C@@H](O)C[C@@H](O)[C@H](O)CC[C@@H](O)C[C@@H](O)CC(=O)O[C@H]1C)C[C@H](O)[C@H]2C(=O)O.C[C@H](CCC(=O)O)[C@H]1CC[C@H]2[C@@H]3CC[C@@H]4C[C@H](O)CC[C@]4(C)[C@H]3C[C@H](O)[C@]12C. The Hall–Kier alpha value is -4.05. The zero-order chi connectivity index (χ0) is 68.7. The summed E-state index contributed by atoms with van der Waals surface area (Å²) in [6.45, 7) is 13.7. The van der Waals surface area contributed by atoms with Gasteiger partial charge in [0, 0.05) is 43.9 Å². The van der Waals surface area contributed by atoms with Crippen molar-refractivity contribution in [2.45, 2.75) is 274 Å². The summed E-state index contributed by atoms with van der Waals surface area (Å²) in [7, 11) is 0. The van der Waals surface area contributed by atoms with Crippen LogP contribution < -0.4 is 5.73 Å². The zero-order valence-electron chi connectivity index (χ0n) is 55.5. The van der Waals surface area contributed by atoms with Crippen molar-refractivity contribution in [1.82, 2.24) is 0 Å². The molecule has 0 aromatic heterocycles. The largest absolute Gasteiger partial charge is 0.481 e. The third-order valence-electron chi connectivity index (χ3n) is 22.3. The second-order valence-corrected chi connectivity index (χ2v) is 28.9. The molecule has 22 heteroatoms. The molecule has 29 atom stereocenters. The highest BCUT2D eigenvalue weighted by atomic mass is 16.7. The number of ether oxygens (including phenoxy) is 4. The molecule has 7 aliphatic rings. The number of hydrogen-bond donors (Lipinski definition) is 15. The van der Waals surface area contributed by atoms with Crippen LogP contribution in [0, 0.1) is 64.1 Å². The van der Waals surface area contributed by atoms with E-state index in [-0.39, 0.29) is 61.1 Å². The molecular formula is C71H113NO21. The van der Waals surface area contributed by atoms with Crippen LogP contribution in [0.15, 0.2) is 85.1 Å². The molecule has 16 N–H and O–H groups in total. The van der Waals surface area contributed by atoms with Crippen LogP contribution in [0.4, 0.5) is 0 Å². The second-order valence-electron chi connectivity index (χ2n) is 28.9. The molecular weight excluding hydrogens is 1200 g/mol. The molecule has 6 fully saturated rings. The highest BCUT2D eigenvalue weighted by Gasteiger charge is 2.64. The molecule has 0 spiro atoms. The lowest BCUT2D eigenvalue weighted by atomic mass is 9.43. The monoisotopic (exact) mass is 1320 g/mol. The smallest absolute Gasteiger partial charge is 0.311 e. The summed E-state index contributed by atoms with van der Waals surface area (Å²) in [6.07, 6.45) is 12.7. The maximum Gasteiger partial charge on any atom is 0.311 e. The Bertz CT molecular complexity index is 2580. The zero-order valence-corrected chi connectivity index (χ0v) is 55.5. The van der Waals surface area contributed by atoms with E-state index in [1.54, 1.807) is 80.7 Å². The van der Waals surface area contributed by atoms with Crippen LogP contribution in [0.1, 0.15) is 164 Å². The van der Waals surface area contributed by atoms with Crippen molar-refractivity contribution in [1.29, 1.82) is 0 Å². The van der Waals surface area contributed by atoms with Crippen molar-refractivity contribution >= 4 is 17.9 Å². The number of carbonyl (C=O) groups excluding carboxylic acids is 1. The van der Waals surface area contributed by atoms with Gasteiger partial charge in [-0.15, -0.1) is 0 Å². The highest BCUT2D eigenvalue weighted by Crippen LogP contribution is 2.68. The van der Waals surface area contributed by atoms with Gasteiger partial charge in [0.05, 0.1) is 91.8 Å². The lowest BCUT2D eigenvalue weighted by Crippen LogP contribution is -2.61. The van der Waals surface area contributed by atoms with Gasteiger partial charge in [0.15, 0.2) is 12.1 Å². The van der Waals surface area contributed by atoms with Gasteiger partial charge >= 0.3 is 17.9 Å². The van der Waals surface area contributed by atoms with E-state index in [4.69, 9.17) is 29.8 Å². The van der Waals surface area contributed by atoms with Gasteiger partial charge in [-0.2, -0.15) is 0 Å². The minimum absolute atomic E-state index is 0.0591. The number of rotatable bonds is 7. The third-order valence-corrected chi connectivity index (χ3v) is 22.3. The van der Waals surface area contributed by atoms with E-state index in [1.807, 2.05) is 19.1 Å². The number of fused-ring (bicyclic) bond motifs is 7. The lowest BCUT2D eigenvalue weighted by molar-refractivity contribution is -0.308. The van der Waals surface area contributed by atoms with Gasteiger partial charge in [-0.1, -0.05) is 120 Å². The van der Waals surface area contributed by atoms with Gasteiger partial charge in [-0.25, -0.2) is 0 Å². The quantitative estimate of drug-likeness (QED) is 0.146. The van der Waals surface area contributed by atoms with Crippen LogP contribution in [0.5, 0.6) is 0 Å². The van der Waals surface area contributed by atoms with Crippen LogP contribution in [-0.2, 0) is 33.3 Å². The van der Waals surface area contributed by atoms with Gasteiger partial charge in [0.1, 0.15) is 18.1 Å². The molecule has 3 heterocycles. The van der Waals surface area contributed by atoms with Crippen molar-refractivity contribution in [3.05, 3.63) is 85.1 Å². The van der Waals surface area contributed by atoms with E-state index in [2.05, 4.69) is 20.8 Å². The Kier molecular flexibility index (Phi) is 29.7. The van der Waals surface area contributed by atoms with Crippen molar-refractivity contribution in [2.24, 2.45) is 69.8 Å². The predicted molar refractivity (Wildman–Crippen MR) is 346 cm³/mol. The molecule has 3 aliphatic heterocycles. The minimum atomic E-state index is -2.33. The van der Waals surface area contributed by atoms with Gasteiger partial charge in [-0.3, -0.25) is 14.4 Å². The first-order chi connectivity index (χ1) is 43.8. The number of carbonyl (C=O) groups is 3. The summed E-state index contributed by atoms with van der Waals surface area (Å²) in [6, 6.07) is -1.15. The number of aliphatic hydroxyl groups is 12. The molecule has 0 aromatic carbocycles. The molecule has 528 valence electrons. The van der Waals surface area contributed by atoms with E-state index >= 15 is 0 Å². The van der Waals surface area contributed by atoms with Crippen LogP contribution in [-0.4, -0.2) is 199 Å². The van der Waals surface area contributed by atoms with Gasteiger partial charge < -0.3 is 96.2 Å². The third kappa shape index (κ3) is 21.0. The maximum atomic E-state index is 12.6. The Morgan fingerprint density at radius 3 is 1.87 bits per heavy atom. The molecule has 0 aromatic rings. The van der Waals surface area contributed by atoms with E-state index in [0.29, 0.717) is 35.5 Å². The molecule has 0 amide bonds. The van der Waals surface area contributed by atoms with Crippen molar-refractivity contribution < 1.29 is 105 Å². The van der Waals surface area contributed by atoms with Crippen LogP contribution in [0.3, 0.4) is 0 Å². The molecule has 4 aliphatic carbocycles. The average Bonchev–Trinajstić information content (AvgIpc) is 1.67. The van der Waals surface area contributed by atoms with Crippen molar-refractivity contribution in [3.8, 4) is 0 Å². The number of carboxylic acids is 2. The number of aliphatic carboxylic acids is 2. The molecule has 0 unspecified atom stereocenters. The van der Waals surface area contributed by atoms with Crippen molar-refractivity contribution in [3.63, 3.8) is 0 Å². The topological polar surface area (TPSA) is 397 Å². The number of hydrogen-bond acceptors (Lipinski definition) is 20. The number of cyclic esters (lactones) is 1. The lowest BCUT2D eigenvalue weighted by Gasteiger charge is -2.62. The molecule has 4 saturated carbocycles. The fraction of sp³-hybridized carbons (Fsp3) is 0.761. The molecule has 0 radical (unpaired) electrons. The number of carboxylic acid groups (broad SMARTS) is 2. The van der Waals surface area contributed by atoms with Gasteiger partial charge in [0.2, 0.25) is 0 Å². The van der Waals surface area contributed by atoms with Gasteiger partial charge in [0.25, 0.3) is 0 Å². The Labute approximate surface area is 549 Å². The van der Waals surface area contributed by atoms with E-state index in [1.165, 1.54) is 32.3 Å². The van der Waals surface area contributed by atoms with Crippen molar-refractivity contribution in [2.75, 3.05) is 0 Å². The van der Waals surface area contributed by atoms with E-state index in [9.17, 15) is 80.8 Å². The summed E-state index contributed by atoms with van der Waals surface area (Å²) in [5, 5.41) is 149. The number of esters is 1. The summed E-state index contributed by atoms with van der Waals surface area (Å²) >= 11 is 0. The highest BCUT2D eigenvalue weighted by molar-refractivity contribution is 5.72.